The van der Waals surface area contributed by atoms with E-state index in [-0.39, 0.29) is 5.97 Å². The summed E-state index contributed by atoms with van der Waals surface area (Å²) in [6.07, 6.45) is 0.824. The SMILES string of the molecule is COC(=O)c1cccc(-c2ccsc2C=O)c1. The van der Waals surface area contributed by atoms with Crippen LogP contribution in [-0.4, -0.2) is 19.4 Å². The van der Waals surface area contributed by atoms with E-state index in [0.717, 1.165) is 17.4 Å². The first-order chi connectivity index (χ1) is 8.26. The Morgan fingerprint density at radius 3 is 2.88 bits per heavy atom. The molecule has 1 heterocycles. The average molecular weight is 246 g/mol. The van der Waals surface area contributed by atoms with Crippen molar-refractivity contribution in [1.82, 2.24) is 0 Å². The fraction of sp³-hybridized carbons (Fsp3) is 0.0769. The minimum atomic E-state index is -0.380. The highest BCUT2D eigenvalue weighted by molar-refractivity contribution is 7.12. The zero-order valence-electron chi connectivity index (χ0n) is 9.17. The number of hydrogen-bond acceptors (Lipinski definition) is 4. The first-order valence-electron chi connectivity index (χ1n) is 4.97. The number of ether oxygens (including phenoxy) is 1. The molecule has 0 saturated carbocycles. The van der Waals surface area contributed by atoms with Crippen molar-refractivity contribution in [2.45, 2.75) is 0 Å². The molecular weight excluding hydrogens is 236 g/mol. The second-order valence-electron chi connectivity index (χ2n) is 3.39. The predicted molar refractivity (Wildman–Crippen MR) is 66.5 cm³/mol. The van der Waals surface area contributed by atoms with E-state index in [1.165, 1.54) is 18.4 Å². The first kappa shape index (κ1) is 11.5. The molecule has 0 fully saturated rings. The molecule has 17 heavy (non-hydrogen) atoms. The average Bonchev–Trinajstić information content (AvgIpc) is 2.86. The Labute approximate surface area is 103 Å². The zero-order chi connectivity index (χ0) is 12.3. The normalized spacial score (nSPS) is 9.94. The molecule has 0 bridgehead atoms. The Hall–Kier alpha value is -1.94. The fourth-order valence-corrected chi connectivity index (χ4v) is 2.30. The number of carbonyl (C=O) groups excluding carboxylic acids is 2. The summed E-state index contributed by atoms with van der Waals surface area (Å²) in [6.45, 7) is 0. The number of thiophene rings is 1. The molecule has 0 saturated heterocycles. The Kier molecular flexibility index (Phi) is 3.35. The van der Waals surface area contributed by atoms with Crippen LogP contribution >= 0.6 is 11.3 Å². The molecule has 0 aliphatic rings. The van der Waals surface area contributed by atoms with Crippen LogP contribution < -0.4 is 0 Å². The van der Waals surface area contributed by atoms with Crippen LogP contribution in [0.3, 0.4) is 0 Å². The van der Waals surface area contributed by atoms with E-state index in [9.17, 15) is 9.59 Å². The minimum Gasteiger partial charge on any atom is -0.465 e. The van der Waals surface area contributed by atoms with Crippen molar-refractivity contribution in [3.05, 3.63) is 46.2 Å². The molecule has 1 aromatic heterocycles. The van der Waals surface area contributed by atoms with Gasteiger partial charge in [0.2, 0.25) is 0 Å². The smallest absolute Gasteiger partial charge is 0.337 e. The molecular formula is C13H10O3S. The number of aldehydes is 1. The van der Waals surface area contributed by atoms with Crippen LogP contribution in [0, 0.1) is 0 Å². The molecule has 0 aliphatic heterocycles. The molecule has 86 valence electrons. The molecule has 1 aromatic carbocycles. The highest BCUT2D eigenvalue weighted by atomic mass is 32.1. The van der Waals surface area contributed by atoms with Crippen LogP contribution in [-0.2, 0) is 4.74 Å². The number of methoxy groups -OCH3 is 1. The highest BCUT2D eigenvalue weighted by Gasteiger charge is 2.09. The second kappa shape index (κ2) is 4.93. The molecule has 0 unspecified atom stereocenters. The van der Waals surface area contributed by atoms with Crippen LogP contribution in [0.5, 0.6) is 0 Å². The van der Waals surface area contributed by atoms with E-state index < -0.39 is 0 Å². The van der Waals surface area contributed by atoms with Crippen LogP contribution in [0.2, 0.25) is 0 Å². The van der Waals surface area contributed by atoms with Gasteiger partial charge in [0.25, 0.3) is 0 Å². The molecule has 0 N–H and O–H groups in total. The van der Waals surface area contributed by atoms with Crippen molar-refractivity contribution in [2.24, 2.45) is 0 Å². The predicted octanol–water partition coefficient (Wildman–Crippen LogP) is 3.01. The van der Waals surface area contributed by atoms with E-state index in [2.05, 4.69) is 4.74 Å². The third-order valence-corrected chi connectivity index (χ3v) is 3.24. The molecule has 0 radical (unpaired) electrons. The molecule has 2 rings (SSSR count). The van der Waals surface area contributed by atoms with Gasteiger partial charge in [-0.3, -0.25) is 4.79 Å². The lowest BCUT2D eigenvalue weighted by atomic mass is 10.0. The van der Waals surface area contributed by atoms with Crippen molar-refractivity contribution in [3.8, 4) is 11.1 Å². The van der Waals surface area contributed by atoms with Crippen LogP contribution in [0.25, 0.3) is 11.1 Å². The van der Waals surface area contributed by atoms with Gasteiger partial charge < -0.3 is 4.74 Å². The number of carbonyl (C=O) groups is 2. The van der Waals surface area contributed by atoms with Crippen LogP contribution in [0.1, 0.15) is 20.0 Å². The van der Waals surface area contributed by atoms with Gasteiger partial charge in [0, 0.05) is 5.56 Å². The molecule has 4 heteroatoms. The van der Waals surface area contributed by atoms with Gasteiger partial charge in [0.05, 0.1) is 17.6 Å². The Morgan fingerprint density at radius 2 is 2.18 bits per heavy atom. The minimum absolute atomic E-state index is 0.380. The highest BCUT2D eigenvalue weighted by Crippen LogP contribution is 2.27. The monoisotopic (exact) mass is 246 g/mol. The van der Waals surface area contributed by atoms with Crippen LogP contribution in [0.4, 0.5) is 0 Å². The third kappa shape index (κ3) is 2.26. The standard InChI is InChI=1S/C13H10O3S/c1-16-13(15)10-4-2-3-9(7-10)11-5-6-17-12(11)8-14/h2-8H,1H3. The van der Waals surface area contributed by atoms with Gasteiger partial charge in [0.1, 0.15) is 0 Å². The maximum atomic E-state index is 11.4. The summed E-state index contributed by atoms with van der Waals surface area (Å²) in [5.74, 6) is -0.380. The Bertz CT molecular complexity index is 557. The summed E-state index contributed by atoms with van der Waals surface area (Å²) >= 11 is 1.38. The van der Waals surface area contributed by atoms with E-state index in [1.807, 2.05) is 17.5 Å². The topological polar surface area (TPSA) is 43.4 Å². The molecule has 3 nitrogen and oxygen atoms in total. The fourth-order valence-electron chi connectivity index (χ4n) is 1.58. The number of benzene rings is 1. The summed E-state index contributed by atoms with van der Waals surface area (Å²) in [5, 5.41) is 1.85. The van der Waals surface area contributed by atoms with Crippen molar-refractivity contribution >= 4 is 23.6 Å². The summed E-state index contributed by atoms with van der Waals surface area (Å²) in [7, 11) is 1.34. The lowest BCUT2D eigenvalue weighted by molar-refractivity contribution is 0.0600. The number of hydrogen-bond donors (Lipinski definition) is 0. The van der Waals surface area contributed by atoms with E-state index >= 15 is 0 Å². The lowest BCUT2D eigenvalue weighted by Gasteiger charge is -2.03. The van der Waals surface area contributed by atoms with Crippen molar-refractivity contribution < 1.29 is 14.3 Å². The summed E-state index contributed by atoms with van der Waals surface area (Å²) < 4.78 is 4.66. The van der Waals surface area contributed by atoms with E-state index in [4.69, 9.17) is 0 Å². The quantitative estimate of drug-likeness (QED) is 0.617. The van der Waals surface area contributed by atoms with E-state index in [1.54, 1.807) is 18.2 Å². The maximum Gasteiger partial charge on any atom is 0.337 e. The van der Waals surface area contributed by atoms with Gasteiger partial charge in [-0.05, 0) is 29.1 Å². The molecule has 0 amide bonds. The Balaban J connectivity index is 2.46. The van der Waals surface area contributed by atoms with Crippen molar-refractivity contribution in [2.75, 3.05) is 7.11 Å². The third-order valence-electron chi connectivity index (χ3n) is 2.40. The van der Waals surface area contributed by atoms with Gasteiger partial charge in [-0.1, -0.05) is 12.1 Å². The van der Waals surface area contributed by atoms with Crippen molar-refractivity contribution in [3.63, 3.8) is 0 Å². The van der Waals surface area contributed by atoms with Gasteiger partial charge in [-0.25, -0.2) is 4.79 Å². The van der Waals surface area contributed by atoms with Gasteiger partial charge in [-0.15, -0.1) is 11.3 Å². The zero-order valence-corrected chi connectivity index (χ0v) is 9.99. The summed E-state index contributed by atoms with van der Waals surface area (Å²) in [4.78, 5) is 22.9. The van der Waals surface area contributed by atoms with Gasteiger partial charge >= 0.3 is 5.97 Å². The maximum absolute atomic E-state index is 11.4. The lowest BCUT2D eigenvalue weighted by Crippen LogP contribution is -2.00. The Morgan fingerprint density at radius 1 is 1.35 bits per heavy atom. The second-order valence-corrected chi connectivity index (χ2v) is 4.34. The summed E-state index contributed by atoms with van der Waals surface area (Å²) in [6, 6.07) is 8.91. The first-order valence-corrected chi connectivity index (χ1v) is 5.85. The summed E-state index contributed by atoms with van der Waals surface area (Å²) in [5.41, 5.74) is 2.17. The van der Waals surface area contributed by atoms with E-state index in [0.29, 0.717) is 10.4 Å². The van der Waals surface area contributed by atoms with Crippen molar-refractivity contribution in [1.29, 1.82) is 0 Å². The van der Waals surface area contributed by atoms with Gasteiger partial charge in [0.15, 0.2) is 6.29 Å². The van der Waals surface area contributed by atoms with Crippen LogP contribution in [0.15, 0.2) is 35.7 Å². The molecule has 0 spiro atoms. The molecule has 0 atom stereocenters. The number of rotatable bonds is 3. The molecule has 2 aromatic rings. The number of esters is 1. The largest absolute Gasteiger partial charge is 0.465 e. The van der Waals surface area contributed by atoms with Gasteiger partial charge in [-0.2, -0.15) is 0 Å². The molecule has 0 aliphatic carbocycles.